The van der Waals surface area contributed by atoms with E-state index in [9.17, 15) is 8.78 Å². The number of hydrogen-bond donors (Lipinski definition) is 1. The van der Waals surface area contributed by atoms with Crippen molar-refractivity contribution in [3.8, 4) is 5.75 Å². The Morgan fingerprint density at radius 1 is 1.20 bits per heavy atom. The molecule has 1 nitrogen and oxygen atoms in total. The molecule has 0 fully saturated rings. The fourth-order valence-electron chi connectivity index (χ4n) is 0.485. The standard InChI is InChI=1S/C6H4F2O.K.H/c7-5-2-1-4(9)3-6(5)8;;/h1-3,9H;;/q;+1;-1. The van der Waals surface area contributed by atoms with Crippen molar-refractivity contribution >= 4 is 0 Å². The van der Waals surface area contributed by atoms with Crippen molar-refractivity contribution in [3.63, 3.8) is 0 Å². The van der Waals surface area contributed by atoms with E-state index < -0.39 is 11.6 Å². The summed E-state index contributed by atoms with van der Waals surface area (Å²) in [4.78, 5) is 0. The predicted octanol–water partition coefficient (Wildman–Crippen LogP) is -1.21. The number of rotatable bonds is 0. The fraction of sp³-hybridized carbons (Fsp3) is 0. The number of benzene rings is 1. The Morgan fingerprint density at radius 2 is 1.80 bits per heavy atom. The average Bonchev–Trinajstić information content (AvgIpc) is 1.80. The van der Waals surface area contributed by atoms with E-state index in [-0.39, 0.29) is 58.6 Å². The molecular formula is C6H5F2KO. The molecule has 0 saturated heterocycles. The number of phenols is 1. The molecule has 1 aromatic carbocycles. The van der Waals surface area contributed by atoms with Crippen LogP contribution in [0, 0.1) is 11.6 Å². The molecule has 0 aliphatic rings. The molecule has 0 atom stereocenters. The minimum Gasteiger partial charge on any atom is -1.00 e. The van der Waals surface area contributed by atoms with Gasteiger partial charge in [-0.3, -0.25) is 0 Å². The zero-order chi connectivity index (χ0) is 6.85. The van der Waals surface area contributed by atoms with Crippen molar-refractivity contribution in [1.82, 2.24) is 0 Å². The van der Waals surface area contributed by atoms with Gasteiger partial charge in [-0.25, -0.2) is 8.78 Å². The van der Waals surface area contributed by atoms with E-state index in [1.807, 2.05) is 0 Å². The van der Waals surface area contributed by atoms with Gasteiger partial charge in [-0.2, -0.15) is 0 Å². The Kier molecular flexibility index (Phi) is 4.63. The van der Waals surface area contributed by atoms with Gasteiger partial charge in [-0.1, -0.05) is 0 Å². The average molecular weight is 170 g/mol. The zero-order valence-electron chi connectivity index (χ0n) is 6.44. The monoisotopic (exact) mass is 170 g/mol. The second-order valence-electron chi connectivity index (χ2n) is 1.60. The smallest absolute Gasteiger partial charge is 1.00 e. The third kappa shape index (κ3) is 2.63. The SMILES string of the molecule is Oc1ccc(F)c(F)c1.[H-].[K+]. The van der Waals surface area contributed by atoms with E-state index in [1.54, 1.807) is 0 Å². The summed E-state index contributed by atoms with van der Waals surface area (Å²) in [7, 11) is 0. The van der Waals surface area contributed by atoms with Crippen LogP contribution < -0.4 is 51.4 Å². The van der Waals surface area contributed by atoms with Crippen molar-refractivity contribution in [3.05, 3.63) is 29.8 Å². The molecule has 0 saturated carbocycles. The zero-order valence-corrected chi connectivity index (χ0v) is 8.56. The van der Waals surface area contributed by atoms with Gasteiger partial charge < -0.3 is 6.53 Å². The number of aromatic hydroxyl groups is 1. The second kappa shape index (κ2) is 4.41. The van der Waals surface area contributed by atoms with Crippen LogP contribution in [0.3, 0.4) is 0 Å². The first-order valence-corrected chi connectivity index (χ1v) is 2.34. The van der Waals surface area contributed by atoms with Gasteiger partial charge in [0.05, 0.1) is 0 Å². The Bertz CT molecular complexity index is 232. The Hall–Kier alpha value is 0.516. The van der Waals surface area contributed by atoms with Gasteiger partial charge in [0, 0.05) is 6.07 Å². The van der Waals surface area contributed by atoms with E-state index in [1.165, 1.54) is 0 Å². The van der Waals surface area contributed by atoms with E-state index in [0.29, 0.717) is 0 Å². The third-order valence-electron chi connectivity index (χ3n) is 0.903. The van der Waals surface area contributed by atoms with Crippen LogP contribution in [0.2, 0.25) is 0 Å². The van der Waals surface area contributed by atoms with Crippen molar-refractivity contribution in [2.24, 2.45) is 0 Å². The Balaban J connectivity index is 0. The Morgan fingerprint density at radius 3 is 2.20 bits per heavy atom. The van der Waals surface area contributed by atoms with Gasteiger partial charge in [-0.05, 0) is 12.1 Å². The molecule has 1 rings (SSSR count). The maximum absolute atomic E-state index is 12.0. The predicted molar refractivity (Wildman–Crippen MR) is 29.1 cm³/mol. The maximum Gasteiger partial charge on any atom is 1.00 e. The molecule has 0 unspecified atom stereocenters. The molecule has 0 heterocycles. The minimum atomic E-state index is -1.03. The van der Waals surface area contributed by atoms with Crippen molar-refractivity contribution < 1.29 is 66.7 Å². The van der Waals surface area contributed by atoms with Crippen LogP contribution in [0.25, 0.3) is 0 Å². The molecule has 0 amide bonds. The second-order valence-corrected chi connectivity index (χ2v) is 1.60. The van der Waals surface area contributed by atoms with E-state index in [2.05, 4.69) is 0 Å². The summed E-state index contributed by atoms with van der Waals surface area (Å²) in [6.45, 7) is 0. The van der Waals surface area contributed by atoms with Crippen molar-refractivity contribution in [1.29, 1.82) is 0 Å². The van der Waals surface area contributed by atoms with Crippen molar-refractivity contribution in [2.45, 2.75) is 0 Å². The molecule has 0 bridgehead atoms. The minimum absolute atomic E-state index is 0. The molecular weight excluding hydrogens is 165 g/mol. The largest absolute Gasteiger partial charge is 1.00 e. The van der Waals surface area contributed by atoms with E-state index in [4.69, 9.17) is 5.11 Å². The molecule has 1 N–H and O–H groups in total. The van der Waals surface area contributed by atoms with E-state index >= 15 is 0 Å². The molecule has 0 aromatic heterocycles. The van der Waals surface area contributed by atoms with Gasteiger partial charge in [0.2, 0.25) is 0 Å². The van der Waals surface area contributed by atoms with Gasteiger partial charge in [0.1, 0.15) is 5.75 Å². The normalized spacial score (nSPS) is 8.60. The summed E-state index contributed by atoms with van der Waals surface area (Å²) >= 11 is 0. The molecule has 0 aliphatic carbocycles. The summed E-state index contributed by atoms with van der Waals surface area (Å²) < 4.78 is 24.1. The van der Waals surface area contributed by atoms with Crippen LogP contribution in [0.15, 0.2) is 18.2 Å². The Labute approximate surface area is 101 Å². The topological polar surface area (TPSA) is 20.2 Å². The maximum atomic E-state index is 12.0. The van der Waals surface area contributed by atoms with Crippen LogP contribution >= 0.6 is 0 Å². The van der Waals surface area contributed by atoms with Gasteiger partial charge in [-0.15, -0.1) is 0 Å². The fourth-order valence-corrected chi connectivity index (χ4v) is 0.485. The van der Waals surface area contributed by atoms with Gasteiger partial charge in [0.25, 0.3) is 0 Å². The number of halogens is 2. The summed E-state index contributed by atoms with van der Waals surface area (Å²) in [5.41, 5.74) is 0. The summed E-state index contributed by atoms with van der Waals surface area (Å²) in [6.07, 6.45) is 0. The van der Waals surface area contributed by atoms with Gasteiger partial charge in [0.15, 0.2) is 11.6 Å². The first-order chi connectivity index (χ1) is 4.20. The van der Waals surface area contributed by atoms with Crippen LogP contribution in [-0.4, -0.2) is 5.11 Å². The molecule has 0 aliphatic heterocycles. The van der Waals surface area contributed by atoms with E-state index in [0.717, 1.165) is 18.2 Å². The van der Waals surface area contributed by atoms with Crippen molar-refractivity contribution in [2.75, 3.05) is 0 Å². The molecule has 50 valence electrons. The van der Waals surface area contributed by atoms with Crippen LogP contribution in [0.5, 0.6) is 5.75 Å². The molecule has 10 heavy (non-hydrogen) atoms. The van der Waals surface area contributed by atoms with Crippen LogP contribution in [-0.2, 0) is 0 Å². The van der Waals surface area contributed by atoms with Crippen LogP contribution in [0.1, 0.15) is 1.43 Å². The molecule has 4 heteroatoms. The summed E-state index contributed by atoms with van der Waals surface area (Å²) in [6, 6.07) is 2.67. The molecule has 0 spiro atoms. The summed E-state index contributed by atoms with van der Waals surface area (Å²) in [5, 5.41) is 8.53. The van der Waals surface area contributed by atoms with Crippen LogP contribution in [0.4, 0.5) is 8.78 Å². The number of hydrogen-bond acceptors (Lipinski definition) is 1. The molecule has 1 aromatic rings. The first-order valence-electron chi connectivity index (χ1n) is 2.34. The quantitative estimate of drug-likeness (QED) is 0.484. The molecule has 0 radical (unpaired) electrons. The third-order valence-corrected chi connectivity index (χ3v) is 0.903. The number of phenolic OH excluding ortho intramolecular Hbond substituents is 1. The van der Waals surface area contributed by atoms with Gasteiger partial charge >= 0.3 is 51.4 Å². The first kappa shape index (κ1) is 10.5. The summed E-state index contributed by atoms with van der Waals surface area (Å²) in [5.74, 6) is -2.25.